The van der Waals surface area contributed by atoms with Crippen LogP contribution in [-0.4, -0.2) is 50.6 Å². The van der Waals surface area contributed by atoms with Crippen molar-refractivity contribution in [1.82, 2.24) is 10.2 Å². The maximum atomic E-state index is 15.4. The molecular weight excluding hydrogens is 555 g/mol. The highest BCUT2D eigenvalue weighted by Crippen LogP contribution is 2.42. The Labute approximate surface area is 260 Å². The molecule has 0 bridgehead atoms. The minimum Gasteiger partial charge on any atom is -0.492 e. The van der Waals surface area contributed by atoms with Gasteiger partial charge in [-0.05, 0) is 111 Å². The molecule has 6 nitrogen and oxygen atoms in total. The van der Waals surface area contributed by atoms with Gasteiger partial charge in [0.15, 0.2) is 0 Å². The van der Waals surface area contributed by atoms with E-state index in [1.807, 2.05) is 82.3 Å². The molecule has 44 heavy (non-hydrogen) atoms. The Morgan fingerprint density at radius 1 is 0.955 bits per heavy atom. The summed E-state index contributed by atoms with van der Waals surface area (Å²) in [6.07, 6.45) is 5.66. The third-order valence-corrected chi connectivity index (χ3v) is 7.45. The predicted octanol–water partition coefficient (Wildman–Crippen LogP) is 6.99. The van der Waals surface area contributed by atoms with E-state index >= 15 is 4.39 Å². The Balaban J connectivity index is 1.59. The quantitative estimate of drug-likeness (QED) is 0.118. The van der Waals surface area contributed by atoms with Crippen molar-refractivity contribution in [2.45, 2.75) is 47.0 Å². The number of nitrogens with zero attached hydrogens (tertiary/aromatic N) is 1. The first-order chi connectivity index (χ1) is 20.9. The van der Waals surface area contributed by atoms with E-state index in [9.17, 15) is 9.59 Å². The molecule has 0 saturated carbocycles. The smallest absolute Gasteiger partial charge is 0.316 e. The Bertz CT molecular complexity index is 1550. The van der Waals surface area contributed by atoms with Crippen LogP contribution in [0.25, 0.3) is 11.1 Å². The van der Waals surface area contributed by atoms with E-state index < -0.39 is 5.41 Å². The van der Waals surface area contributed by atoms with Gasteiger partial charge in [-0.2, -0.15) is 0 Å². The van der Waals surface area contributed by atoms with Crippen LogP contribution >= 0.6 is 0 Å². The normalized spacial score (nSPS) is 13.4. The standard InChI is InChI=1S/C37H43FN2O4/c1-25-12-18-31(33(38)23-25)32-10-7-9-27-24-29(44-36(42)37(2,3)4)17-19-30(27)35(32)26-13-15-28(16-14-26)43-22-21-39-20-8-11-34(41)40(5)6/h8,11-19,23-24,39H,7,9-10,20-22H2,1-6H3/b11-8+. The minimum absolute atomic E-state index is 0.0489. The van der Waals surface area contributed by atoms with Gasteiger partial charge in [0.2, 0.25) is 5.91 Å². The second kappa shape index (κ2) is 14.5. The topological polar surface area (TPSA) is 67.9 Å². The van der Waals surface area contributed by atoms with Gasteiger partial charge in [0.1, 0.15) is 23.9 Å². The number of aryl methyl sites for hydroxylation is 2. The van der Waals surface area contributed by atoms with Crippen LogP contribution in [0.5, 0.6) is 11.5 Å². The number of amides is 1. The fourth-order valence-corrected chi connectivity index (χ4v) is 5.00. The zero-order chi connectivity index (χ0) is 31.9. The van der Waals surface area contributed by atoms with E-state index in [-0.39, 0.29) is 17.7 Å². The maximum Gasteiger partial charge on any atom is 0.316 e. The lowest BCUT2D eigenvalue weighted by Crippen LogP contribution is -2.25. The van der Waals surface area contributed by atoms with Gasteiger partial charge >= 0.3 is 5.97 Å². The number of benzene rings is 3. The van der Waals surface area contributed by atoms with Crippen LogP contribution < -0.4 is 14.8 Å². The molecule has 0 spiro atoms. The number of carbonyl (C=O) groups is 2. The third kappa shape index (κ3) is 8.44. The Morgan fingerprint density at radius 3 is 2.34 bits per heavy atom. The van der Waals surface area contributed by atoms with Gasteiger partial charge in [0.05, 0.1) is 5.41 Å². The van der Waals surface area contributed by atoms with Crippen LogP contribution in [0.3, 0.4) is 0 Å². The summed E-state index contributed by atoms with van der Waals surface area (Å²) in [6, 6.07) is 19.1. The molecule has 1 N–H and O–H groups in total. The van der Waals surface area contributed by atoms with Gasteiger partial charge in [-0.3, -0.25) is 9.59 Å². The predicted molar refractivity (Wildman–Crippen MR) is 174 cm³/mol. The molecule has 0 radical (unpaired) electrons. The summed E-state index contributed by atoms with van der Waals surface area (Å²) in [5, 5.41) is 3.23. The van der Waals surface area contributed by atoms with Crippen molar-refractivity contribution in [2.75, 3.05) is 33.8 Å². The number of carbonyl (C=O) groups excluding carboxylic acids is 2. The van der Waals surface area contributed by atoms with Crippen LogP contribution in [0.4, 0.5) is 4.39 Å². The molecule has 1 aliphatic rings. The van der Waals surface area contributed by atoms with E-state index in [0.717, 1.165) is 52.0 Å². The minimum atomic E-state index is -0.614. The molecule has 4 rings (SSSR count). The highest BCUT2D eigenvalue weighted by molar-refractivity contribution is 6.00. The molecular formula is C37H43FN2O4. The van der Waals surface area contributed by atoms with E-state index in [4.69, 9.17) is 9.47 Å². The summed E-state index contributed by atoms with van der Waals surface area (Å²) >= 11 is 0. The maximum absolute atomic E-state index is 15.4. The molecule has 0 atom stereocenters. The summed E-state index contributed by atoms with van der Waals surface area (Å²) in [5.74, 6) is 0.684. The van der Waals surface area contributed by atoms with Crippen molar-refractivity contribution in [2.24, 2.45) is 5.41 Å². The van der Waals surface area contributed by atoms with E-state index in [1.54, 1.807) is 32.3 Å². The van der Waals surface area contributed by atoms with Gasteiger partial charge in [0.25, 0.3) is 0 Å². The van der Waals surface area contributed by atoms with Gasteiger partial charge in [0, 0.05) is 38.8 Å². The number of ether oxygens (including phenoxy) is 2. The number of nitrogens with one attached hydrogen (secondary N) is 1. The van der Waals surface area contributed by atoms with E-state index in [1.165, 1.54) is 4.90 Å². The second-order valence-electron chi connectivity index (χ2n) is 12.4. The van der Waals surface area contributed by atoms with Gasteiger partial charge < -0.3 is 19.7 Å². The molecule has 3 aromatic rings. The summed E-state index contributed by atoms with van der Waals surface area (Å²) in [7, 11) is 3.43. The van der Waals surface area contributed by atoms with Gasteiger partial charge in [-0.1, -0.05) is 36.4 Å². The van der Waals surface area contributed by atoms with Crippen LogP contribution in [0.15, 0.2) is 72.8 Å². The SMILES string of the molecule is Cc1ccc(C2=C(c3ccc(OCCNC/C=C/C(=O)N(C)C)cc3)c3ccc(OC(=O)C(C)(C)C)cc3CCC2)c(F)c1. The average molecular weight is 599 g/mol. The van der Waals surface area contributed by atoms with Crippen molar-refractivity contribution in [3.05, 3.63) is 106 Å². The molecule has 0 aromatic heterocycles. The number of hydrogen-bond acceptors (Lipinski definition) is 5. The van der Waals surface area contributed by atoms with Crippen LogP contribution in [0, 0.1) is 18.2 Å². The number of allylic oxidation sites excluding steroid dienone is 1. The number of likely N-dealkylation sites (N-methyl/N-ethyl adjacent to an activating group) is 1. The molecule has 7 heteroatoms. The molecule has 0 heterocycles. The summed E-state index contributed by atoms with van der Waals surface area (Å²) < 4.78 is 27.1. The van der Waals surface area contributed by atoms with E-state index in [0.29, 0.717) is 37.4 Å². The summed E-state index contributed by atoms with van der Waals surface area (Å²) in [5.41, 5.74) is 5.83. The molecule has 232 valence electrons. The molecule has 1 aliphatic carbocycles. The fourth-order valence-electron chi connectivity index (χ4n) is 5.00. The lowest BCUT2D eigenvalue weighted by molar-refractivity contribution is -0.143. The van der Waals surface area contributed by atoms with Crippen molar-refractivity contribution in [3.8, 4) is 11.5 Å². The molecule has 0 fully saturated rings. The molecule has 1 amide bonds. The van der Waals surface area contributed by atoms with E-state index in [2.05, 4.69) is 5.32 Å². The first-order valence-corrected chi connectivity index (χ1v) is 15.1. The zero-order valence-corrected chi connectivity index (χ0v) is 26.6. The first-order valence-electron chi connectivity index (χ1n) is 15.1. The average Bonchev–Trinajstić information content (AvgIpc) is 3.15. The van der Waals surface area contributed by atoms with Crippen molar-refractivity contribution in [3.63, 3.8) is 0 Å². The Morgan fingerprint density at radius 2 is 1.66 bits per heavy atom. The molecule has 0 aliphatic heterocycles. The molecule has 0 saturated heterocycles. The highest BCUT2D eigenvalue weighted by Gasteiger charge is 2.26. The Kier molecular flexibility index (Phi) is 10.8. The third-order valence-electron chi connectivity index (χ3n) is 7.45. The lowest BCUT2D eigenvalue weighted by atomic mass is 9.87. The first kappa shape index (κ1) is 32.7. The summed E-state index contributed by atoms with van der Waals surface area (Å²) in [6.45, 7) is 9.06. The Hall–Kier alpha value is -4.23. The van der Waals surface area contributed by atoms with Crippen LogP contribution in [0.1, 0.15) is 61.4 Å². The zero-order valence-electron chi connectivity index (χ0n) is 26.6. The van der Waals surface area contributed by atoms with Gasteiger partial charge in [-0.15, -0.1) is 0 Å². The number of fused-ring (bicyclic) bond motifs is 1. The highest BCUT2D eigenvalue weighted by atomic mass is 19.1. The fraction of sp³-hybridized carbons (Fsp3) is 0.351. The molecule has 0 unspecified atom stereocenters. The molecule has 3 aromatic carbocycles. The number of hydrogen-bond donors (Lipinski definition) is 1. The monoisotopic (exact) mass is 598 g/mol. The van der Waals surface area contributed by atoms with Crippen molar-refractivity contribution in [1.29, 1.82) is 0 Å². The van der Waals surface area contributed by atoms with Gasteiger partial charge in [-0.25, -0.2) is 4.39 Å². The van der Waals surface area contributed by atoms with Crippen molar-refractivity contribution < 1.29 is 23.5 Å². The number of halogens is 1. The van der Waals surface area contributed by atoms with Crippen molar-refractivity contribution >= 4 is 23.0 Å². The second-order valence-corrected chi connectivity index (χ2v) is 12.4. The number of rotatable bonds is 10. The summed E-state index contributed by atoms with van der Waals surface area (Å²) in [4.78, 5) is 25.7. The van der Waals surface area contributed by atoms with Crippen LogP contribution in [0.2, 0.25) is 0 Å². The largest absolute Gasteiger partial charge is 0.492 e. The number of esters is 1. The van der Waals surface area contributed by atoms with Crippen LogP contribution in [-0.2, 0) is 16.0 Å². The lowest BCUT2D eigenvalue weighted by Gasteiger charge is -2.19.